The number of benzene rings is 2. The number of amides is 1. The predicted molar refractivity (Wildman–Crippen MR) is 86.5 cm³/mol. The number of methoxy groups -OCH3 is 1. The van der Waals surface area contributed by atoms with Crippen molar-refractivity contribution in [3.05, 3.63) is 51.8 Å². The number of carbonyl (C=O) groups is 2. The second-order valence-corrected chi connectivity index (χ2v) is 5.47. The van der Waals surface area contributed by atoms with E-state index in [1.54, 1.807) is 0 Å². The van der Waals surface area contributed by atoms with Crippen molar-refractivity contribution in [2.24, 2.45) is 0 Å². The summed E-state index contributed by atoms with van der Waals surface area (Å²) in [6, 6.07) is 4.52. The summed E-state index contributed by atoms with van der Waals surface area (Å²) in [5.74, 6) is -5.06. The van der Waals surface area contributed by atoms with E-state index in [0.29, 0.717) is 12.4 Å². The number of hydrogen-bond donors (Lipinski definition) is 1. The first-order valence-corrected chi connectivity index (χ1v) is 7.56. The molecule has 0 heterocycles. The number of nitrogens with one attached hydrogen (secondary N) is 1. The smallest absolute Gasteiger partial charge is 0.262 e. The normalized spacial score (nSPS) is 10.3. The molecule has 25 heavy (non-hydrogen) atoms. The second kappa shape index (κ2) is 8.02. The van der Waals surface area contributed by atoms with Gasteiger partial charge in [-0.1, -0.05) is 0 Å². The molecule has 0 saturated heterocycles. The molecule has 0 aromatic heterocycles. The average molecular weight is 418 g/mol. The number of anilines is 1. The highest BCUT2D eigenvalue weighted by atomic mass is 79.9. The Bertz CT molecular complexity index is 830. The lowest BCUT2D eigenvalue weighted by Crippen LogP contribution is -2.21. The van der Waals surface area contributed by atoms with Gasteiger partial charge in [0, 0.05) is 5.56 Å². The number of aldehydes is 1. The summed E-state index contributed by atoms with van der Waals surface area (Å²) < 4.78 is 50.2. The predicted octanol–water partition coefficient (Wildman–Crippen LogP) is 3.71. The molecular weight excluding hydrogens is 407 g/mol. The topological polar surface area (TPSA) is 64.6 Å². The van der Waals surface area contributed by atoms with Crippen molar-refractivity contribution in [1.82, 2.24) is 0 Å². The highest BCUT2D eigenvalue weighted by Gasteiger charge is 2.17. The zero-order valence-electron chi connectivity index (χ0n) is 12.7. The molecule has 0 aliphatic rings. The lowest BCUT2D eigenvalue weighted by Gasteiger charge is -2.14. The second-order valence-electron chi connectivity index (χ2n) is 4.68. The molecule has 2 aromatic rings. The maximum atomic E-state index is 13.5. The Morgan fingerprint density at radius 2 is 1.92 bits per heavy atom. The third-order valence-corrected chi connectivity index (χ3v) is 3.91. The molecule has 0 saturated carbocycles. The molecule has 0 spiro atoms. The van der Waals surface area contributed by atoms with Crippen LogP contribution < -0.4 is 14.8 Å². The summed E-state index contributed by atoms with van der Waals surface area (Å²) >= 11 is 3.16. The Kier molecular flexibility index (Phi) is 6.02. The quantitative estimate of drug-likeness (QED) is 0.574. The highest BCUT2D eigenvalue weighted by Crippen LogP contribution is 2.37. The SMILES string of the molecule is COc1ccc(C=O)c(Br)c1OCC(=O)Nc1ccc(F)c(F)c1F. The molecule has 2 aromatic carbocycles. The van der Waals surface area contributed by atoms with Crippen LogP contribution in [-0.2, 0) is 4.79 Å². The Labute approximate surface area is 148 Å². The monoisotopic (exact) mass is 417 g/mol. The van der Waals surface area contributed by atoms with Crippen molar-refractivity contribution in [2.45, 2.75) is 0 Å². The molecule has 132 valence electrons. The highest BCUT2D eigenvalue weighted by molar-refractivity contribution is 9.10. The molecule has 0 atom stereocenters. The lowest BCUT2D eigenvalue weighted by molar-refractivity contribution is -0.118. The van der Waals surface area contributed by atoms with Gasteiger partial charge in [0.15, 0.2) is 41.8 Å². The van der Waals surface area contributed by atoms with Crippen LogP contribution in [0.5, 0.6) is 11.5 Å². The summed E-state index contributed by atoms with van der Waals surface area (Å²) in [7, 11) is 1.37. The van der Waals surface area contributed by atoms with E-state index < -0.39 is 35.7 Å². The molecule has 0 fully saturated rings. The third-order valence-electron chi connectivity index (χ3n) is 3.09. The van der Waals surface area contributed by atoms with Crippen molar-refractivity contribution >= 4 is 33.8 Å². The summed E-state index contributed by atoms with van der Waals surface area (Å²) in [4.78, 5) is 22.8. The standard InChI is InChI=1S/C16H11BrF3NO4/c1-24-11-5-2-8(6-22)13(17)16(11)25-7-12(23)21-10-4-3-9(18)14(19)15(10)20/h2-6H,7H2,1H3,(H,21,23). The molecule has 0 radical (unpaired) electrons. The maximum Gasteiger partial charge on any atom is 0.262 e. The minimum atomic E-state index is -1.69. The number of ether oxygens (including phenoxy) is 2. The van der Waals surface area contributed by atoms with Crippen molar-refractivity contribution in [1.29, 1.82) is 0 Å². The molecule has 1 N–H and O–H groups in total. The van der Waals surface area contributed by atoms with Gasteiger partial charge in [-0.05, 0) is 40.2 Å². The Morgan fingerprint density at radius 3 is 2.56 bits per heavy atom. The van der Waals surface area contributed by atoms with Gasteiger partial charge in [-0.2, -0.15) is 0 Å². The van der Waals surface area contributed by atoms with Crippen molar-refractivity contribution in [2.75, 3.05) is 19.0 Å². The van der Waals surface area contributed by atoms with Crippen LogP contribution in [0.2, 0.25) is 0 Å². The molecule has 9 heteroatoms. The van der Waals surface area contributed by atoms with E-state index in [2.05, 4.69) is 21.2 Å². The molecule has 0 aliphatic carbocycles. The number of hydrogen-bond acceptors (Lipinski definition) is 4. The van der Waals surface area contributed by atoms with Crippen LogP contribution in [0.1, 0.15) is 10.4 Å². The average Bonchev–Trinajstić information content (AvgIpc) is 2.60. The molecule has 5 nitrogen and oxygen atoms in total. The van der Waals surface area contributed by atoms with Crippen LogP contribution in [0.4, 0.5) is 18.9 Å². The first kappa shape index (κ1) is 18.8. The van der Waals surface area contributed by atoms with Gasteiger partial charge in [0.25, 0.3) is 5.91 Å². The van der Waals surface area contributed by atoms with Gasteiger partial charge in [-0.15, -0.1) is 0 Å². The first-order chi connectivity index (χ1) is 11.9. The van der Waals surface area contributed by atoms with Crippen molar-refractivity contribution < 1.29 is 32.2 Å². The number of rotatable bonds is 6. The lowest BCUT2D eigenvalue weighted by atomic mass is 10.2. The van der Waals surface area contributed by atoms with Crippen LogP contribution in [0.15, 0.2) is 28.7 Å². The Balaban J connectivity index is 2.13. The molecule has 2 rings (SSSR count). The van der Waals surface area contributed by atoms with E-state index in [0.717, 1.165) is 6.07 Å². The van der Waals surface area contributed by atoms with Crippen LogP contribution >= 0.6 is 15.9 Å². The minimum absolute atomic E-state index is 0.0907. The zero-order chi connectivity index (χ0) is 18.6. The van der Waals surface area contributed by atoms with Gasteiger partial charge in [0.1, 0.15) is 0 Å². The van der Waals surface area contributed by atoms with Gasteiger partial charge in [0.05, 0.1) is 17.3 Å². The van der Waals surface area contributed by atoms with E-state index in [1.165, 1.54) is 19.2 Å². The molecule has 0 unspecified atom stereocenters. The van der Waals surface area contributed by atoms with E-state index >= 15 is 0 Å². The van der Waals surface area contributed by atoms with Crippen molar-refractivity contribution in [3.63, 3.8) is 0 Å². The largest absolute Gasteiger partial charge is 0.493 e. The van der Waals surface area contributed by atoms with Gasteiger partial charge in [-0.3, -0.25) is 9.59 Å². The number of halogens is 4. The van der Waals surface area contributed by atoms with Crippen LogP contribution in [-0.4, -0.2) is 25.9 Å². The number of carbonyl (C=O) groups excluding carboxylic acids is 2. The van der Waals surface area contributed by atoms with E-state index in [-0.39, 0.29) is 21.5 Å². The Morgan fingerprint density at radius 1 is 1.20 bits per heavy atom. The summed E-state index contributed by atoms with van der Waals surface area (Å²) in [5.41, 5.74) is -0.261. The van der Waals surface area contributed by atoms with Gasteiger partial charge < -0.3 is 14.8 Å². The third kappa shape index (κ3) is 4.11. The van der Waals surface area contributed by atoms with Crippen LogP contribution in [0.3, 0.4) is 0 Å². The maximum absolute atomic E-state index is 13.5. The fraction of sp³-hybridized carbons (Fsp3) is 0.125. The van der Waals surface area contributed by atoms with E-state index in [4.69, 9.17) is 9.47 Å². The van der Waals surface area contributed by atoms with Gasteiger partial charge >= 0.3 is 0 Å². The van der Waals surface area contributed by atoms with Crippen molar-refractivity contribution in [3.8, 4) is 11.5 Å². The molecular formula is C16H11BrF3NO4. The molecule has 0 aliphatic heterocycles. The van der Waals surface area contributed by atoms with E-state index in [9.17, 15) is 22.8 Å². The first-order valence-electron chi connectivity index (χ1n) is 6.76. The van der Waals surface area contributed by atoms with Gasteiger partial charge in [-0.25, -0.2) is 13.2 Å². The minimum Gasteiger partial charge on any atom is -0.493 e. The van der Waals surface area contributed by atoms with Gasteiger partial charge in [0.2, 0.25) is 0 Å². The fourth-order valence-corrected chi connectivity index (χ4v) is 2.42. The molecule has 0 bridgehead atoms. The van der Waals surface area contributed by atoms with Crippen LogP contribution in [0, 0.1) is 17.5 Å². The summed E-state index contributed by atoms with van der Waals surface area (Å²) in [5, 5.41) is 2.06. The summed E-state index contributed by atoms with van der Waals surface area (Å²) in [6.45, 7) is -0.588. The zero-order valence-corrected chi connectivity index (χ0v) is 14.3. The fourth-order valence-electron chi connectivity index (χ4n) is 1.89. The van der Waals surface area contributed by atoms with E-state index in [1.807, 2.05) is 0 Å². The summed E-state index contributed by atoms with van der Waals surface area (Å²) in [6.07, 6.45) is 0.577. The molecule has 1 amide bonds. The Hall–Kier alpha value is -2.55. The van der Waals surface area contributed by atoms with Crippen LogP contribution in [0.25, 0.3) is 0 Å².